The third-order valence-corrected chi connectivity index (χ3v) is 2.22. The van der Waals surface area contributed by atoms with Crippen molar-refractivity contribution in [2.75, 3.05) is 19.8 Å². The molecule has 60 valence electrons. The molecule has 0 aliphatic carbocycles. The summed E-state index contributed by atoms with van der Waals surface area (Å²) in [6, 6.07) is 0. The molecule has 0 unspecified atom stereocenters. The molecule has 0 bridgehead atoms. The largest absolute Gasteiger partial charge is 0.322 e. The van der Waals surface area contributed by atoms with E-state index in [1.54, 1.807) is 0 Å². The van der Waals surface area contributed by atoms with Crippen LogP contribution in [0.5, 0.6) is 0 Å². The van der Waals surface area contributed by atoms with Crippen molar-refractivity contribution in [3.63, 3.8) is 0 Å². The topological polar surface area (TPSA) is 80.5 Å². The first-order valence-corrected chi connectivity index (χ1v) is 4.41. The first-order valence-electron chi connectivity index (χ1n) is 2.56. The fourth-order valence-corrected chi connectivity index (χ4v) is 0.758. The Bertz CT molecular complexity index is 221. The molecule has 0 spiro atoms. The average Bonchev–Trinajstić information content (AvgIpc) is 1.83. The number of sulfonamides is 1. The Morgan fingerprint density at radius 1 is 1.60 bits per heavy atom. The average molecular weight is 166 g/mol. The number of nitrogens with zero attached hydrogens (tertiary/aromatic N) is 1. The highest BCUT2D eigenvalue weighted by atomic mass is 32.2. The Hall–Kier alpha value is -0.620. The van der Waals surface area contributed by atoms with E-state index in [1.165, 1.54) is 7.05 Å². The predicted octanol–water partition coefficient (Wildman–Crippen LogP) is -1.64. The van der Waals surface area contributed by atoms with Crippen molar-refractivity contribution in [1.29, 1.82) is 0 Å². The van der Waals surface area contributed by atoms with Gasteiger partial charge in [-0.05, 0) is 0 Å². The minimum atomic E-state index is -3.41. The van der Waals surface area contributed by atoms with E-state index < -0.39 is 15.9 Å². The van der Waals surface area contributed by atoms with Gasteiger partial charge in [-0.25, -0.2) is 12.7 Å². The number of hydrogen-bond donors (Lipinski definition) is 1. The van der Waals surface area contributed by atoms with Crippen molar-refractivity contribution < 1.29 is 13.2 Å². The van der Waals surface area contributed by atoms with Crippen LogP contribution in [0.2, 0.25) is 0 Å². The van der Waals surface area contributed by atoms with Crippen molar-refractivity contribution in [3.05, 3.63) is 0 Å². The van der Waals surface area contributed by atoms with Crippen LogP contribution in [0.1, 0.15) is 0 Å². The molecule has 0 aliphatic rings. The molecule has 0 saturated heterocycles. The molecule has 6 heteroatoms. The van der Waals surface area contributed by atoms with E-state index in [0.717, 1.165) is 6.26 Å². The molecular weight excluding hydrogens is 156 g/mol. The van der Waals surface area contributed by atoms with Gasteiger partial charge in [-0.2, -0.15) is 0 Å². The van der Waals surface area contributed by atoms with Gasteiger partial charge in [0.15, 0.2) is 0 Å². The number of rotatable bonds is 2. The normalized spacial score (nSPS) is 11.1. The molecule has 2 N–H and O–H groups in total. The minimum Gasteiger partial charge on any atom is -0.322 e. The molecule has 0 rings (SSSR count). The Balaban J connectivity index is 4.39. The van der Waals surface area contributed by atoms with Crippen LogP contribution in [0.15, 0.2) is 0 Å². The van der Waals surface area contributed by atoms with Crippen molar-refractivity contribution in [3.8, 4) is 0 Å². The third kappa shape index (κ3) is 2.32. The van der Waals surface area contributed by atoms with Crippen LogP contribution < -0.4 is 5.73 Å². The summed E-state index contributed by atoms with van der Waals surface area (Å²) < 4.78 is 21.8. The summed E-state index contributed by atoms with van der Waals surface area (Å²) in [5.74, 6) is -0.609. The number of carbonyl (C=O) groups excluding carboxylic acids is 1. The Labute approximate surface area is 59.9 Å². The van der Waals surface area contributed by atoms with E-state index in [9.17, 15) is 13.2 Å². The molecule has 0 saturated carbocycles. The maximum absolute atomic E-state index is 10.6. The lowest BCUT2D eigenvalue weighted by molar-refractivity contribution is -0.124. The van der Waals surface area contributed by atoms with E-state index in [4.69, 9.17) is 5.73 Å². The standard InChI is InChI=1S/C4H10N2O3S/c1-6(4(7)3-5)10(2,8)9/h3,5H2,1-2H3. The van der Waals surface area contributed by atoms with Gasteiger partial charge in [0, 0.05) is 7.05 Å². The van der Waals surface area contributed by atoms with Crippen molar-refractivity contribution >= 4 is 15.9 Å². The second kappa shape index (κ2) is 2.98. The van der Waals surface area contributed by atoms with Crippen LogP contribution in [-0.4, -0.2) is 38.5 Å². The van der Waals surface area contributed by atoms with Gasteiger partial charge in [-0.15, -0.1) is 0 Å². The molecule has 0 fully saturated rings. The summed E-state index contributed by atoms with van der Waals surface area (Å²) in [7, 11) is -2.24. The lowest BCUT2D eigenvalue weighted by Gasteiger charge is -2.11. The molecular formula is C4H10N2O3S. The number of carbonyl (C=O) groups is 1. The Kier molecular flexibility index (Phi) is 2.79. The van der Waals surface area contributed by atoms with Gasteiger partial charge in [0.05, 0.1) is 12.8 Å². The molecule has 0 aromatic rings. The molecule has 0 atom stereocenters. The van der Waals surface area contributed by atoms with Crippen LogP contribution in [-0.2, 0) is 14.8 Å². The van der Waals surface area contributed by atoms with Crippen LogP contribution >= 0.6 is 0 Å². The zero-order valence-corrected chi connectivity index (χ0v) is 6.68. The summed E-state index contributed by atoms with van der Waals surface area (Å²) >= 11 is 0. The van der Waals surface area contributed by atoms with Crippen LogP contribution in [0, 0.1) is 0 Å². The molecule has 10 heavy (non-hydrogen) atoms. The first kappa shape index (κ1) is 9.38. The number of likely N-dealkylation sites (N-methyl/N-ethyl adjacent to an activating group) is 1. The van der Waals surface area contributed by atoms with Crippen LogP contribution in [0.4, 0.5) is 0 Å². The van der Waals surface area contributed by atoms with E-state index in [2.05, 4.69) is 0 Å². The smallest absolute Gasteiger partial charge is 0.249 e. The Morgan fingerprint density at radius 2 is 2.00 bits per heavy atom. The van der Waals surface area contributed by atoms with Crippen LogP contribution in [0.25, 0.3) is 0 Å². The minimum absolute atomic E-state index is 0.288. The molecule has 1 amide bonds. The van der Waals surface area contributed by atoms with E-state index in [1.807, 2.05) is 0 Å². The number of nitrogens with two attached hydrogens (primary N) is 1. The van der Waals surface area contributed by atoms with Crippen molar-refractivity contribution in [2.45, 2.75) is 0 Å². The summed E-state index contributed by atoms with van der Waals surface area (Å²) in [6.45, 7) is -0.288. The van der Waals surface area contributed by atoms with Gasteiger partial charge in [-0.1, -0.05) is 0 Å². The summed E-state index contributed by atoms with van der Waals surface area (Å²) in [4.78, 5) is 10.6. The first-order chi connectivity index (χ1) is 4.39. The van der Waals surface area contributed by atoms with Gasteiger partial charge < -0.3 is 5.73 Å². The van der Waals surface area contributed by atoms with Crippen molar-refractivity contribution in [2.24, 2.45) is 5.73 Å². The van der Waals surface area contributed by atoms with Gasteiger partial charge in [0.1, 0.15) is 0 Å². The molecule has 0 aromatic carbocycles. The quantitative estimate of drug-likeness (QED) is 0.533. The van der Waals surface area contributed by atoms with Gasteiger partial charge in [0.2, 0.25) is 15.9 Å². The van der Waals surface area contributed by atoms with Gasteiger partial charge in [-0.3, -0.25) is 4.79 Å². The molecule has 5 nitrogen and oxygen atoms in total. The highest BCUT2D eigenvalue weighted by molar-refractivity contribution is 7.88. The molecule has 0 radical (unpaired) electrons. The highest BCUT2D eigenvalue weighted by Gasteiger charge is 2.15. The zero-order chi connectivity index (χ0) is 8.36. The van der Waals surface area contributed by atoms with Crippen LogP contribution in [0.3, 0.4) is 0 Å². The van der Waals surface area contributed by atoms with Gasteiger partial charge in [0.25, 0.3) is 0 Å². The lowest BCUT2D eigenvalue weighted by Crippen LogP contribution is -2.36. The molecule has 0 heterocycles. The second-order valence-electron chi connectivity index (χ2n) is 1.83. The van der Waals surface area contributed by atoms with E-state index in [0.29, 0.717) is 4.31 Å². The van der Waals surface area contributed by atoms with Gasteiger partial charge >= 0.3 is 0 Å². The third-order valence-electron chi connectivity index (χ3n) is 1.02. The molecule has 0 aromatic heterocycles. The SMILES string of the molecule is CN(C(=O)CN)S(C)(=O)=O. The molecule has 0 aliphatic heterocycles. The van der Waals surface area contributed by atoms with E-state index in [-0.39, 0.29) is 6.54 Å². The van der Waals surface area contributed by atoms with E-state index >= 15 is 0 Å². The van der Waals surface area contributed by atoms with Crippen molar-refractivity contribution in [1.82, 2.24) is 4.31 Å². The fraction of sp³-hybridized carbons (Fsp3) is 0.750. The maximum Gasteiger partial charge on any atom is 0.249 e. The summed E-state index contributed by atoms with van der Waals surface area (Å²) in [5.41, 5.74) is 4.91. The lowest BCUT2D eigenvalue weighted by atomic mass is 10.6. The zero-order valence-electron chi connectivity index (χ0n) is 5.86. The maximum atomic E-state index is 10.6. The number of amides is 1. The Morgan fingerprint density at radius 3 is 2.10 bits per heavy atom. The fourth-order valence-electron chi connectivity index (χ4n) is 0.314. The highest BCUT2D eigenvalue weighted by Crippen LogP contribution is 1.91. The summed E-state index contributed by atoms with van der Waals surface area (Å²) in [5, 5.41) is 0. The predicted molar refractivity (Wildman–Crippen MR) is 36.7 cm³/mol. The monoisotopic (exact) mass is 166 g/mol. The second-order valence-corrected chi connectivity index (χ2v) is 3.84. The summed E-state index contributed by atoms with van der Waals surface area (Å²) in [6.07, 6.45) is 0.945. The number of hydrogen-bond acceptors (Lipinski definition) is 4.